The van der Waals surface area contributed by atoms with Crippen LogP contribution in [0.3, 0.4) is 0 Å². The van der Waals surface area contributed by atoms with Gasteiger partial charge < -0.3 is 65.1 Å². The quantitative estimate of drug-likeness (QED) is 0.0204. The van der Waals surface area contributed by atoms with E-state index in [0.717, 1.165) is 44.9 Å². The number of carbonyl (C=O) groups excluding carboxylic acids is 1. The molecule has 12 atom stereocenters. The van der Waals surface area contributed by atoms with Crippen molar-refractivity contribution in [3.8, 4) is 0 Å². The molecule has 0 saturated carbocycles. The number of nitrogens with one attached hydrogen (secondary N) is 1. The Kier molecular flexibility index (Phi) is 42.6. The van der Waals surface area contributed by atoms with Gasteiger partial charge in [0.1, 0.15) is 48.8 Å². The second-order valence-electron chi connectivity index (χ2n) is 21.5. The molecule has 12 unspecified atom stereocenters. The number of carbonyl (C=O) groups is 1. The van der Waals surface area contributed by atoms with Crippen LogP contribution in [0.2, 0.25) is 0 Å². The van der Waals surface area contributed by atoms with Gasteiger partial charge in [-0.25, -0.2) is 0 Å². The maximum absolute atomic E-state index is 13.3. The van der Waals surface area contributed by atoms with E-state index in [-0.39, 0.29) is 18.9 Å². The fourth-order valence-electron chi connectivity index (χ4n) is 9.91. The summed E-state index contributed by atoms with van der Waals surface area (Å²) in [4.78, 5) is 13.3. The summed E-state index contributed by atoms with van der Waals surface area (Å²) in [7, 11) is 0. The first kappa shape index (κ1) is 68.3. The largest absolute Gasteiger partial charge is 0.394 e. The zero-order valence-corrected chi connectivity index (χ0v) is 46.6. The number of allylic oxidation sites excluding steroid dienone is 5. The van der Waals surface area contributed by atoms with Gasteiger partial charge in [0.25, 0.3) is 0 Å². The Balaban J connectivity index is 1.76. The maximum Gasteiger partial charge on any atom is 0.220 e. The van der Waals surface area contributed by atoms with Gasteiger partial charge in [-0.05, 0) is 44.9 Å². The Bertz CT molecular complexity index is 1380. The van der Waals surface area contributed by atoms with E-state index in [2.05, 4.69) is 43.5 Å². The Morgan fingerprint density at radius 2 is 0.865 bits per heavy atom. The topological polar surface area (TPSA) is 228 Å². The highest BCUT2D eigenvalue weighted by molar-refractivity contribution is 5.76. The third-order valence-corrected chi connectivity index (χ3v) is 14.8. The molecule has 2 heterocycles. The molecule has 2 rings (SSSR count). The van der Waals surface area contributed by atoms with Crippen molar-refractivity contribution in [1.82, 2.24) is 5.32 Å². The first-order chi connectivity index (χ1) is 36.1. The van der Waals surface area contributed by atoms with E-state index in [1.807, 2.05) is 6.08 Å². The minimum atomic E-state index is -1.79. The summed E-state index contributed by atoms with van der Waals surface area (Å²) in [6, 6.07) is -0.935. The molecule has 14 heteroatoms. The number of rotatable bonds is 48. The molecule has 0 aromatic heterocycles. The van der Waals surface area contributed by atoms with E-state index in [1.54, 1.807) is 6.08 Å². The van der Waals surface area contributed by atoms with Crippen molar-refractivity contribution >= 4 is 5.91 Å². The highest BCUT2D eigenvalue weighted by atomic mass is 16.7. The molecule has 0 aromatic carbocycles. The Hall–Kier alpha value is -1.79. The SMILES string of the molecule is CCCCCCCCC/C=C/CC/C=C/CC/C=C/C(O)C(COC1OC(CO)C(OC2OC(CO)C(O)C(O)C2O)C(O)C1O)NC(=O)CCCCCCCCCCCCCCCCCCCCCCCCC. The average molecular weight is 1050 g/mol. The molecule has 14 nitrogen and oxygen atoms in total. The average Bonchev–Trinajstić information content (AvgIpc) is 3.40. The van der Waals surface area contributed by atoms with Gasteiger partial charge in [0.2, 0.25) is 5.91 Å². The lowest BCUT2D eigenvalue weighted by Crippen LogP contribution is -2.65. The van der Waals surface area contributed by atoms with Crippen LogP contribution in [0.25, 0.3) is 0 Å². The Labute approximate surface area is 449 Å². The van der Waals surface area contributed by atoms with Crippen molar-refractivity contribution in [3.63, 3.8) is 0 Å². The standard InChI is InChI=1S/C60H111NO13/c1-3-5-7-9-11-13-15-17-19-21-22-23-24-25-26-28-30-32-34-36-38-40-42-44-52(65)61-48(49(64)43-41-39-37-35-33-31-29-27-20-18-16-14-12-10-8-6-4-2)47-71-59-57(70)55(68)58(51(46-63)73-59)74-60-56(69)54(67)53(66)50(45-62)72-60/h20,27,33,35,41,43,48-51,53-60,62-64,66-70H,3-19,21-26,28-32,34,36-40,42,44-47H2,1-2H3,(H,61,65)/b27-20+,35-33+,43-41+. The Morgan fingerprint density at radius 1 is 0.473 bits per heavy atom. The minimum absolute atomic E-state index is 0.250. The Morgan fingerprint density at radius 3 is 1.32 bits per heavy atom. The van der Waals surface area contributed by atoms with Gasteiger partial charge in [0.15, 0.2) is 12.6 Å². The van der Waals surface area contributed by atoms with E-state index in [9.17, 15) is 45.6 Å². The fourth-order valence-corrected chi connectivity index (χ4v) is 9.91. The highest BCUT2D eigenvalue weighted by Gasteiger charge is 2.51. The third kappa shape index (κ3) is 31.6. The van der Waals surface area contributed by atoms with Gasteiger partial charge in [-0.1, -0.05) is 230 Å². The molecule has 0 spiro atoms. The number of aliphatic hydroxyl groups is 8. The van der Waals surface area contributed by atoms with Crippen molar-refractivity contribution in [2.45, 2.75) is 319 Å². The molecule has 0 aromatic rings. The van der Waals surface area contributed by atoms with Crippen LogP contribution < -0.4 is 5.32 Å². The van der Waals surface area contributed by atoms with E-state index >= 15 is 0 Å². The second kappa shape index (κ2) is 46.2. The van der Waals surface area contributed by atoms with Crippen molar-refractivity contribution < 1.29 is 64.6 Å². The van der Waals surface area contributed by atoms with E-state index in [4.69, 9.17) is 18.9 Å². The lowest BCUT2D eigenvalue weighted by Gasteiger charge is -2.46. The van der Waals surface area contributed by atoms with Crippen LogP contribution in [0.5, 0.6) is 0 Å². The molecule has 9 N–H and O–H groups in total. The zero-order chi connectivity index (χ0) is 53.9. The molecule has 2 saturated heterocycles. The maximum atomic E-state index is 13.3. The lowest BCUT2D eigenvalue weighted by atomic mass is 9.97. The third-order valence-electron chi connectivity index (χ3n) is 14.8. The van der Waals surface area contributed by atoms with Gasteiger partial charge in [-0.3, -0.25) is 4.79 Å². The van der Waals surface area contributed by atoms with Crippen molar-refractivity contribution in [3.05, 3.63) is 36.5 Å². The molecule has 2 aliphatic rings. The van der Waals surface area contributed by atoms with Crippen molar-refractivity contribution in [1.29, 1.82) is 0 Å². The molecule has 1 amide bonds. The van der Waals surface area contributed by atoms with E-state index in [0.29, 0.717) is 12.8 Å². The summed E-state index contributed by atoms with van der Waals surface area (Å²) in [5, 5.41) is 87.0. The number of ether oxygens (including phenoxy) is 4. The van der Waals surface area contributed by atoms with Crippen LogP contribution in [-0.2, 0) is 23.7 Å². The summed E-state index contributed by atoms with van der Waals surface area (Å²) < 4.78 is 22.8. The minimum Gasteiger partial charge on any atom is -0.394 e. The molecule has 0 radical (unpaired) electrons. The molecule has 74 heavy (non-hydrogen) atoms. The van der Waals surface area contributed by atoms with Crippen LogP contribution in [0.1, 0.15) is 245 Å². The first-order valence-electron chi connectivity index (χ1n) is 30.2. The predicted octanol–water partition coefficient (Wildman–Crippen LogP) is 10.2. The van der Waals surface area contributed by atoms with Gasteiger partial charge in [0.05, 0.1) is 32.0 Å². The van der Waals surface area contributed by atoms with Crippen LogP contribution in [0.15, 0.2) is 36.5 Å². The number of aliphatic hydroxyl groups excluding tert-OH is 8. The smallest absolute Gasteiger partial charge is 0.220 e. The summed E-state index contributed by atoms with van der Waals surface area (Å²) in [6.07, 6.45) is 39.0. The molecule has 0 bridgehead atoms. The van der Waals surface area contributed by atoms with Crippen LogP contribution >= 0.6 is 0 Å². The number of amides is 1. The van der Waals surface area contributed by atoms with Gasteiger partial charge in [-0.2, -0.15) is 0 Å². The van der Waals surface area contributed by atoms with E-state index in [1.165, 1.54) is 167 Å². The molecule has 2 fully saturated rings. The van der Waals surface area contributed by atoms with Gasteiger partial charge >= 0.3 is 0 Å². The fraction of sp³-hybridized carbons (Fsp3) is 0.883. The van der Waals surface area contributed by atoms with E-state index < -0.39 is 86.8 Å². The molecular formula is C60H111NO13. The highest BCUT2D eigenvalue weighted by Crippen LogP contribution is 2.30. The summed E-state index contributed by atoms with van der Waals surface area (Å²) in [5.74, 6) is -0.250. The summed E-state index contributed by atoms with van der Waals surface area (Å²) in [6.45, 7) is 2.79. The van der Waals surface area contributed by atoms with Crippen LogP contribution in [-0.4, -0.2) is 140 Å². The van der Waals surface area contributed by atoms with Gasteiger partial charge in [-0.15, -0.1) is 0 Å². The summed E-state index contributed by atoms with van der Waals surface area (Å²) in [5.41, 5.74) is 0. The molecule has 0 aliphatic carbocycles. The normalized spacial score (nSPS) is 25.4. The number of hydrogen-bond donors (Lipinski definition) is 9. The van der Waals surface area contributed by atoms with Gasteiger partial charge in [0, 0.05) is 6.42 Å². The predicted molar refractivity (Wildman–Crippen MR) is 295 cm³/mol. The summed E-state index contributed by atoms with van der Waals surface area (Å²) >= 11 is 0. The second-order valence-corrected chi connectivity index (χ2v) is 21.5. The van der Waals surface area contributed by atoms with Crippen molar-refractivity contribution in [2.75, 3.05) is 19.8 Å². The van der Waals surface area contributed by atoms with Crippen LogP contribution in [0.4, 0.5) is 0 Å². The zero-order valence-electron chi connectivity index (χ0n) is 46.6. The number of unbranched alkanes of at least 4 members (excludes halogenated alkanes) is 31. The number of hydrogen-bond acceptors (Lipinski definition) is 13. The molecule has 434 valence electrons. The lowest BCUT2D eigenvalue weighted by molar-refractivity contribution is -0.359. The van der Waals surface area contributed by atoms with Crippen LogP contribution in [0, 0.1) is 0 Å². The monoisotopic (exact) mass is 1050 g/mol. The first-order valence-corrected chi connectivity index (χ1v) is 30.2. The molecule has 2 aliphatic heterocycles. The molecular weight excluding hydrogens is 943 g/mol. The van der Waals surface area contributed by atoms with Crippen molar-refractivity contribution in [2.24, 2.45) is 0 Å².